The summed E-state index contributed by atoms with van der Waals surface area (Å²) in [5.41, 5.74) is 0.700. The quantitative estimate of drug-likeness (QED) is 0.875. The molecule has 2 heterocycles. The van der Waals surface area contributed by atoms with Crippen molar-refractivity contribution in [2.45, 2.75) is 6.42 Å². The Kier molecular flexibility index (Phi) is 4.54. The van der Waals surface area contributed by atoms with E-state index in [2.05, 4.69) is 9.71 Å². The van der Waals surface area contributed by atoms with Gasteiger partial charge >= 0.3 is 16.3 Å². The van der Waals surface area contributed by atoms with E-state index in [-0.39, 0.29) is 25.5 Å². The van der Waals surface area contributed by atoms with Crippen LogP contribution in [0.1, 0.15) is 6.42 Å². The second kappa shape index (κ2) is 6.62. The third-order valence-electron chi connectivity index (χ3n) is 3.90. The molecule has 1 aliphatic heterocycles. The zero-order chi connectivity index (χ0) is 17.2. The number of carboxylic acid groups (broad SMARTS) is 1. The minimum atomic E-state index is -3.78. The number of aromatic nitrogens is 1. The van der Waals surface area contributed by atoms with Crippen molar-refractivity contribution in [3.8, 4) is 0 Å². The lowest BCUT2D eigenvalue weighted by molar-refractivity contribution is 0.147. The van der Waals surface area contributed by atoms with Crippen molar-refractivity contribution >= 4 is 33.0 Å². The van der Waals surface area contributed by atoms with E-state index < -0.39 is 16.3 Å². The van der Waals surface area contributed by atoms with Crippen LogP contribution < -0.4 is 4.72 Å². The molecule has 1 fully saturated rings. The molecule has 0 unspecified atom stereocenters. The Balaban J connectivity index is 1.76. The van der Waals surface area contributed by atoms with Gasteiger partial charge in [-0.15, -0.1) is 0 Å². The molecule has 1 amide bonds. The standard InChI is InChI=1S/C15H18N4O4S/c20-15(21)18-8-3-9-19(11-10-18)24(22,23)17-14-7-6-12-4-1-2-5-13(12)16-14/h1-2,4-7H,3,8-11H2,(H,16,17)(H,20,21). The Hall–Kier alpha value is -2.39. The van der Waals surface area contributed by atoms with Crippen LogP contribution in [0.4, 0.5) is 10.6 Å². The highest BCUT2D eigenvalue weighted by atomic mass is 32.2. The van der Waals surface area contributed by atoms with Crippen molar-refractivity contribution in [3.05, 3.63) is 36.4 Å². The van der Waals surface area contributed by atoms with Crippen molar-refractivity contribution in [1.82, 2.24) is 14.2 Å². The number of benzene rings is 1. The van der Waals surface area contributed by atoms with Gasteiger partial charge in [-0.25, -0.2) is 9.78 Å². The second-order valence-electron chi connectivity index (χ2n) is 5.52. The van der Waals surface area contributed by atoms with Gasteiger partial charge in [0.1, 0.15) is 5.82 Å². The van der Waals surface area contributed by atoms with Crippen LogP contribution in [0.5, 0.6) is 0 Å². The lowest BCUT2D eigenvalue weighted by Gasteiger charge is -2.21. The molecule has 8 nitrogen and oxygen atoms in total. The summed E-state index contributed by atoms with van der Waals surface area (Å²) in [5, 5.41) is 9.94. The number of fused-ring (bicyclic) bond motifs is 1. The van der Waals surface area contributed by atoms with Crippen molar-refractivity contribution in [2.75, 3.05) is 30.9 Å². The topological polar surface area (TPSA) is 103 Å². The summed E-state index contributed by atoms with van der Waals surface area (Å²) in [5.74, 6) is 0.244. The molecule has 0 saturated carbocycles. The molecular formula is C15H18N4O4S. The van der Waals surface area contributed by atoms with Crippen molar-refractivity contribution < 1.29 is 18.3 Å². The summed E-state index contributed by atoms with van der Waals surface area (Å²) in [6, 6.07) is 10.8. The number of anilines is 1. The Morgan fingerprint density at radius 1 is 1.08 bits per heavy atom. The maximum atomic E-state index is 12.5. The van der Waals surface area contributed by atoms with Crippen LogP contribution >= 0.6 is 0 Å². The fraction of sp³-hybridized carbons (Fsp3) is 0.333. The highest BCUT2D eigenvalue weighted by Gasteiger charge is 2.26. The second-order valence-corrected chi connectivity index (χ2v) is 7.19. The van der Waals surface area contributed by atoms with Gasteiger partial charge in [0.25, 0.3) is 0 Å². The zero-order valence-corrected chi connectivity index (χ0v) is 13.7. The molecule has 2 N–H and O–H groups in total. The summed E-state index contributed by atoms with van der Waals surface area (Å²) >= 11 is 0. The van der Waals surface area contributed by atoms with E-state index in [1.165, 1.54) is 9.21 Å². The fourth-order valence-corrected chi connectivity index (χ4v) is 3.84. The van der Waals surface area contributed by atoms with Crippen molar-refractivity contribution in [2.24, 2.45) is 0 Å². The maximum absolute atomic E-state index is 12.5. The summed E-state index contributed by atoms with van der Waals surface area (Å²) in [7, 11) is -3.78. The van der Waals surface area contributed by atoms with Crippen LogP contribution in [-0.2, 0) is 10.2 Å². The molecule has 1 aliphatic rings. The molecule has 0 atom stereocenters. The third-order valence-corrected chi connectivity index (χ3v) is 5.41. The lowest BCUT2D eigenvalue weighted by atomic mass is 10.2. The predicted molar refractivity (Wildman–Crippen MR) is 90.1 cm³/mol. The van der Waals surface area contributed by atoms with E-state index >= 15 is 0 Å². The molecule has 24 heavy (non-hydrogen) atoms. The number of carbonyl (C=O) groups is 1. The Morgan fingerprint density at radius 2 is 1.88 bits per heavy atom. The smallest absolute Gasteiger partial charge is 0.407 e. The molecule has 1 saturated heterocycles. The highest BCUT2D eigenvalue weighted by molar-refractivity contribution is 7.90. The van der Waals surface area contributed by atoms with Crippen molar-refractivity contribution in [3.63, 3.8) is 0 Å². The number of pyridine rings is 1. The van der Waals surface area contributed by atoms with Crippen LogP contribution in [0.15, 0.2) is 36.4 Å². The van der Waals surface area contributed by atoms with Crippen LogP contribution in [0.25, 0.3) is 10.9 Å². The molecule has 9 heteroatoms. The van der Waals surface area contributed by atoms with E-state index in [1.54, 1.807) is 12.1 Å². The monoisotopic (exact) mass is 350 g/mol. The molecule has 1 aromatic heterocycles. The first-order chi connectivity index (χ1) is 11.5. The number of para-hydroxylation sites is 1. The zero-order valence-electron chi connectivity index (χ0n) is 12.9. The van der Waals surface area contributed by atoms with Crippen LogP contribution in [0, 0.1) is 0 Å². The van der Waals surface area contributed by atoms with E-state index in [1.807, 2.05) is 24.3 Å². The van der Waals surface area contributed by atoms with Gasteiger partial charge in [-0.1, -0.05) is 18.2 Å². The SMILES string of the molecule is O=C(O)N1CCCN(S(=O)(=O)Nc2ccc3ccccc3n2)CC1. The minimum absolute atomic E-state index is 0.120. The van der Waals surface area contributed by atoms with E-state index in [4.69, 9.17) is 5.11 Å². The first kappa shape index (κ1) is 16.5. The molecule has 128 valence electrons. The summed E-state index contributed by atoms with van der Waals surface area (Å²) < 4.78 is 28.8. The molecule has 0 aliphatic carbocycles. The van der Waals surface area contributed by atoms with Crippen LogP contribution in [-0.4, -0.2) is 60.0 Å². The van der Waals surface area contributed by atoms with Gasteiger partial charge < -0.3 is 10.0 Å². The van der Waals surface area contributed by atoms with Gasteiger partial charge in [-0.2, -0.15) is 12.7 Å². The number of hydrogen-bond acceptors (Lipinski definition) is 4. The summed E-state index contributed by atoms with van der Waals surface area (Å²) in [6.45, 7) is 0.874. The van der Waals surface area contributed by atoms with Gasteiger partial charge in [0.15, 0.2) is 0 Å². The number of nitrogens with one attached hydrogen (secondary N) is 1. The molecule has 3 rings (SSSR count). The maximum Gasteiger partial charge on any atom is 0.407 e. The van der Waals surface area contributed by atoms with Crippen LogP contribution in [0.2, 0.25) is 0 Å². The first-order valence-corrected chi connectivity index (χ1v) is 9.01. The molecular weight excluding hydrogens is 332 g/mol. The van der Waals surface area contributed by atoms with E-state index in [9.17, 15) is 13.2 Å². The summed E-state index contributed by atoms with van der Waals surface area (Å²) in [6.07, 6.45) is -0.573. The van der Waals surface area contributed by atoms with Gasteiger partial charge in [0, 0.05) is 31.6 Å². The van der Waals surface area contributed by atoms with Gasteiger partial charge in [-0.3, -0.25) is 4.72 Å². The number of rotatable bonds is 3. The van der Waals surface area contributed by atoms with Gasteiger partial charge in [0.2, 0.25) is 0 Å². The predicted octanol–water partition coefficient (Wildman–Crippen LogP) is 1.58. The summed E-state index contributed by atoms with van der Waals surface area (Å²) in [4.78, 5) is 16.5. The number of amides is 1. The van der Waals surface area contributed by atoms with Gasteiger partial charge in [0.05, 0.1) is 5.52 Å². The first-order valence-electron chi connectivity index (χ1n) is 7.57. The average Bonchev–Trinajstić information content (AvgIpc) is 2.81. The average molecular weight is 350 g/mol. The largest absolute Gasteiger partial charge is 0.465 e. The molecule has 0 bridgehead atoms. The number of nitrogens with zero attached hydrogens (tertiary/aromatic N) is 3. The fourth-order valence-electron chi connectivity index (χ4n) is 2.64. The Bertz CT molecular complexity index is 855. The highest BCUT2D eigenvalue weighted by Crippen LogP contribution is 2.17. The Labute approximate surface area is 139 Å². The van der Waals surface area contributed by atoms with Gasteiger partial charge in [-0.05, 0) is 24.6 Å². The molecule has 0 radical (unpaired) electrons. The van der Waals surface area contributed by atoms with E-state index in [0.29, 0.717) is 18.5 Å². The Morgan fingerprint density at radius 3 is 2.67 bits per heavy atom. The number of hydrogen-bond donors (Lipinski definition) is 2. The minimum Gasteiger partial charge on any atom is -0.465 e. The normalized spacial score (nSPS) is 16.8. The van der Waals surface area contributed by atoms with Crippen molar-refractivity contribution in [1.29, 1.82) is 0 Å². The third kappa shape index (κ3) is 3.57. The molecule has 1 aromatic carbocycles. The lowest BCUT2D eigenvalue weighted by Crippen LogP contribution is -2.39. The molecule has 0 spiro atoms. The van der Waals surface area contributed by atoms with Crippen LogP contribution in [0.3, 0.4) is 0 Å². The van der Waals surface area contributed by atoms with E-state index in [0.717, 1.165) is 5.39 Å². The molecule has 2 aromatic rings.